The Bertz CT molecular complexity index is 1670. The number of ether oxygens (including phenoxy) is 8. The molecule has 330 valence electrons. The molecule has 1 unspecified atom stereocenters. The summed E-state index contributed by atoms with van der Waals surface area (Å²) < 4.78 is 116. The van der Waals surface area contributed by atoms with E-state index < -0.39 is 96.6 Å². The molecule has 23 heteroatoms. The Kier molecular flexibility index (Phi) is 19.3. The summed E-state index contributed by atoms with van der Waals surface area (Å²) in [5, 5.41) is 25.5. The van der Waals surface area contributed by atoms with Crippen LogP contribution in [0.4, 0.5) is 26.3 Å². The van der Waals surface area contributed by atoms with Crippen LogP contribution >= 0.6 is 15.9 Å². The summed E-state index contributed by atoms with van der Waals surface area (Å²) in [6, 6.07) is 15.4. The number of aliphatic hydroxyl groups is 3. The lowest BCUT2D eigenvalue weighted by molar-refractivity contribution is -0.222. The number of carbonyl (C=O) groups excluding carboxylic acids is 5. The highest BCUT2D eigenvalue weighted by Crippen LogP contribution is 2.40. The molecular formula is C36H41BrF6O16. The summed E-state index contributed by atoms with van der Waals surface area (Å²) in [7, 11) is 0. The van der Waals surface area contributed by atoms with Gasteiger partial charge in [-0.2, -0.15) is 26.3 Å². The van der Waals surface area contributed by atoms with Crippen molar-refractivity contribution in [2.45, 2.75) is 93.3 Å². The summed E-state index contributed by atoms with van der Waals surface area (Å²) in [5.41, 5.74) is 0.251. The number of carbonyl (C=O) groups is 5. The van der Waals surface area contributed by atoms with Gasteiger partial charge in [-0.05, 0) is 45.0 Å². The summed E-state index contributed by atoms with van der Waals surface area (Å²) in [5.74, 6) is -12.5. The predicted molar refractivity (Wildman–Crippen MR) is 188 cm³/mol. The fourth-order valence-corrected chi connectivity index (χ4v) is 4.79. The summed E-state index contributed by atoms with van der Waals surface area (Å²) in [6.45, 7) is 4.93. The topological polar surface area (TPSA) is 220 Å². The van der Waals surface area contributed by atoms with Crippen molar-refractivity contribution in [3.05, 3.63) is 71.8 Å². The van der Waals surface area contributed by atoms with Gasteiger partial charge in [0.2, 0.25) is 12.4 Å². The van der Waals surface area contributed by atoms with Crippen molar-refractivity contribution in [3.63, 3.8) is 0 Å². The van der Waals surface area contributed by atoms with Crippen molar-refractivity contribution in [2.75, 3.05) is 26.4 Å². The zero-order chi connectivity index (χ0) is 44.8. The van der Waals surface area contributed by atoms with Gasteiger partial charge in [-0.15, -0.1) is 0 Å². The Morgan fingerprint density at radius 2 is 1.41 bits per heavy atom. The number of hydrogen-bond acceptors (Lipinski definition) is 16. The SMILES string of the molecule is CC(=O)O[C@H]1O[C@H](COC(=O)c2ccccc2)[C@@H](OC(=O)c2ccccc2)C1(F)F.CC1(C)OCC(C=O)O1.CCOC(=O)C(F)(F)Br.OC[C@H]1O[C@@H](O)C(F)(F)[C@H]1O. The smallest absolute Gasteiger partial charge is 0.395 e. The van der Waals surface area contributed by atoms with E-state index in [9.17, 15) is 50.3 Å². The van der Waals surface area contributed by atoms with Crippen molar-refractivity contribution >= 4 is 46.1 Å². The highest BCUT2D eigenvalue weighted by Gasteiger charge is 2.64. The minimum Gasteiger partial charge on any atom is -0.461 e. The normalized spacial score (nSPS) is 25.9. The molecule has 2 aromatic carbocycles. The highest BCUT2D eigenvalue weighted by molar-refractivity contribution is 9.10. The van der Waals surface area contributed by atoms with Crippen molar-refractivity contribution in [1.82, 2.24) is 0 Å². The lowest BCUT2D eigenvalue weighted by Crippen LogP contribution is -2.45. The molecule has 3 N–H and O–H groups in total. The molecule has 2 aromatic rings. The van der Waals surface area contributed by atoms with Crippen LogP contribution in [0.1, 0.15) is 48.4 Å². The van der Waals surface area contributed by atoms with Crippen LogP contribution in [-0.2, 0) is 52.3 Å². The van der Waals surface area contributed by atoms with Crippen LogP contribution in [0, 0.1) is 0 Å². The second-order valence-electron chi connectivity index (χ2n) is 12.5. The molecule has 3 fully saturated rings. The molecule has 3 saturated heterocycles. The first-order valence-electron chi connectivity index (χ1n) is 17.1. The number of rotatable bonds is 10. The molecule has 16 nitrogen and oxygen atoms in total. The van der Waals surface area contributed by atoms with E-state index >= 15 is 0 Å². The third-order valence-corrected chi connectivity index (χ3v) is 7.81. The van der Waals surface area contributed by atoms with Crippen molar-refractivity contribution in [3.8, 4) is 0 Å². The molecule has 0 bridgehead atoms. The molecule has 3 aliphatic heterocycles. The van der Waals surface area contributed by atoms with Gasteiger partial charge in [-0.3, -0.25) is 4.79 Å². The van der Waals surface area contributed by atoms with E-state index in [0.717, 1.165) is 13.2 Å². The molecule has 0 saturated carbocycles. The molecule has 0 spiro atoms. The van der Waals surface area contributed by atoms with Gasteiger partial charge < -0.3 is 58.0 Å². The molecule has 3 heterocycles. The first-order valence-corrected chi connectivity index (χ1v) is 17.9. The number of aldehydes is 1. The van der Waals surface area contributed by atoms with E-state index in [1.807, 2.05) is 15.9 Å². The van der Waals surface area contributed by atoms with Gasteiger partial charge in [0.1, 0.15) is 24.9 Å². The standard InChI is InChI=1S/C21H18F2O7.C6H10O3.C5H8F2O4.C4H5BrF2O2/c1-13(24)28-20-21(22,23)17(30-19(26)15-10-6-3-7-11-15)16(29-20)12-27-18(25)14-8-4-2-5-9-14;1-6(2)8-4-5(3-7)9-6;6-5(7)3(9)2(1-8)11-4(5)10;1-2-9-3(8)4(5,6)7/h2-11,16-17,20H,12H2,1H3;3,5H,4H2,1-2H3;2-4,8-10H,1H2;2H2,1H3/t16-,17-,20+;;2-,3+,4-;/m1.1./s1. The van der Waals surface area contributed by atoms with Crippen LogP contribution in [0.25, 0.3) is 0 Å². The van der Waals surface area contributed by atoms with Crippen LogP contribution in [0.2, 0.25) is 0 Å². The first-order chi connectivity index (χ1) is 27.4. The highest BCUT2D eigenvalue weighted by atomic mass is 79.9. The fraction of sp³-hybridized carbons (Fsp3) is 0.528. The minimum absolute atomic E-state index is 0.0416. The van der Waals surface area contributed by atoms with Crippen molar-refractivity contribution in [1.29, 1.82) is 0 Å². The van der Waals surface area contributed by atoms with Crippen LogP contribution in [0.15, 0.2) is 60.7 Å². The lowest BCUT2D eigenvalue weighted by Gasteiger charge is -2.23. The molecule has 5 rings (SSSR count). The molecule has 0 amide bonds. The minimum atomic E-state index is -3.86. The Balaban J connectivity index is 0.000000335. The third-order valence-electron chi connectivity index (χ3n) is 7.48. The summed E-state index contributed by atoms with van der Waals surface area (Å²) >= 11 is 1.84. The van der Waals surface area contributed by atoms with E-state index in [1.54, 1.807) is 50.2 Å². The van der Waals surface area contributed by atoms with Gasteiger partial charge in [-0.25, -0.2) is 14.4 Å². The first kappa shape index (κ1) is 50.9. The Morgan fingerprint density at radius 1 is 0.864 bits per heavy atom. The van der Waals surface area contributed by atoms with Crippen LogP contribution in [0.5, 0.6) is 0 Å². The van der Waals surface area contributed by atoms with Gasteiger partial charge in [0.15, 0.2) is 18.2 Å². The van der Waals surface area contributed by atoms with Gasteiger partial charge in [0.25, 0.3) is 6.29 Å². The zero-order valence-corrected chi connectivity index (χ0v) is 33.1. The molecule has 59 heavy (non-hydrogen) atoms. The quantitative estimate of drug-likeness (QED) is 0.102. The Labute approximate surface area is 340 Å². The number of esters is 4. The Morgan fingerprint density at radius 3 is 1.76 bits per heavy atom. The van der Waals surface area contributed by atoms with E-state index in [2.05, 4.69) is 14.2 Å². The van der Waals surface area contributed by atoms with E-state index in [1.165, 1.54) is 31.2 Å². The van der Waals surface area contributed by atoms with Gasteiger partial charge in [0, 0.05) is 22.9 Å². The molecule has 3 aliphatic rings. The number of aliphatic hydroxyl groups excluding tert-OH is 3. The average Bonchev–Trinajstić information content (AvgIpc) is 3.73. The second-order valence-corrected chi connectivity index (χ2v) is 13.5. The third kappa shape index (κ3) is 15.4. The Hall–Kier alpha value is -4.23. The number of halogens is 7. The molecule has 0 aliphatic carbocycles. The van der Waals surface area contributed by atoms with Gasteiger partial charge >= 0.3 is 40.6 Å². The fourth-order valence-electron chi connectivity index (χ4n) is 4.68. The summed E-state index contributed by atoms with van der Waals surface area (Å²) in [6.07, 6.45) is -11.4. The summed E-state index contributed by atoms with van der Waals surface area (Å²) in [4.78, 5) is 52.2. The van der Waals surface area contributed by atoms with E-state index in [0.29, 0.717) is 6.61 Å². The van der Waals surface area contributed by atoms with Crippen molar-refractivity contribution in [2.24, 2.45) is 0 Å². The number of benzene rings is 2. The van der Waals surface area contributed by atoms with Crippen LogP contribution in [-0.4, -0.2) is 137 Å². The largest absolute Gasteiger partial charge is 0.461 e. The lowest BCUT2D eigenvalue weighted by atomic mass is 10.1. The number of alkyl halides is 7. The predicted octanol–water partition coefficient (Wildman–Crippen LogP) is 3.56. The maximum absolute atomic E-state index is 14.8. The van der Waals surface area contributed by atoms with E-state index in [4.69, 9.17) is 39.0 Å². The molecule has 0 aromatic heterocycles. The van der Waals surface area contributed by atoms with Crippen molar-refractivity contribution < 1.29 is 104 Å². The van der Waals surface area contributed by atoms with E-state index in [-0.39, 0.29) is 23.8 Å². The zero-order valence-electron chi connectivity index (χ0n) is 31.5. The molecular weight excluding hydrogens is 882 g/mol. The van der Waals surface area contributed by atoms with Gasteiger partial charge in [-0.1, -0.05) is 36.4 Å². The number of hydrogen-bond donors (Lipinski definition) is 3. The maximum atomic E-state index is 14.8. The molecule has 7 atom stereocenters. The second kappa shape index (κ2) is 22.4. The average molecular weight is 924 g/mol. The monoisotopic (exact) mass is 922 g/mol. The van der Waals surface area contributed by atoms with Crippen LogP contribution in [0.3, 0.4) is 0 Å². The maximum Gasteiger partial charge on any atom is 0.395 e. The van der Waals surface area contributed by atoms with Crippen LogP contribution < -0.4 is 0 Å². The molecule has 0 radical (unpaired) electrons. The van der Waals surface area contributed by atoms with Gasteiger partial charge in [0.05, 0.1) is 30.9 Å².